The lowest BCUT2D eigenvalue weighted by Gasteiger charge is -2.00. The summed E-state index contributed by atoms with van der Waals surface area (Å²) in [7, 11) is 0. The molecule has 0 atom stereocenters. The quantitative estimate of drug-likeness (QED) is 0.734. The van der Waals surface area contributed by atoms with Gasteiger partial charge in [0.15, 0.2) is 0 Å². The molecule has 0 bridgehead atoms. The van der Waals surface area contributed by atoms with Crippen molar-refractivity contribution in [3.8, 4) is 0 Å². The summed E-state index contributed by atoms with van der Waals surface area (Å²) in [5.74, 6) is 0. The van der Waals surface area contributed by atoms with Crippen molar-refractivity contribution in [2.75, 3.05) is 0 Å². The van der Waals surface area contributed by atoms with Crippen LogP contribution in [0.4, 0.5) is 0 Å². The normalized spacial score (nSPS) is 10.4. The maximum Gasteiger partial charge on any atom is 0.328 e. The molecular weight excluding hydrogens is 198 g/mol. The fourth-order valence-electron chi connectivity index (χ4n) is 1.27. The fraction of sp³-hybridized carbons (Fsp3) is 0.556. The molecule has 0 aliphatic carbocycles. The van der Waals surface area contributed by atoms with Crippen molar-refractivity contribution in [1.82, 2.24) is 9.13 Å². The monoisotopic (exact) mass is 213 g/mol. The molecule has 0 aromatic carbocycles. The van der Waals surface area contributed by atoms with Gasteiger partial charge in [-0.2, -0.15) is 0 Å². The van der Waals surface area contributed by atoms with Crippen LogP contribution in [0.25, 0.3) is 0 Å². The van der Waals surface area contributed by atoms with Gasteiger partial charge in [0, 0.05) is 31.9 Å². The first-order valence-corrected chi connectivity index (χ1v) is 5.10. The van der Waals surface area contributed by atoms with Crippen LogP contribution in [0.15, 0.2) is 17.2 Å². The number of imidazole rings is 1. The van der Waals surface area contributed by atoms with Gasteiger partial charge in [0.2, 0.25) is 0 Å². The van der Waals surface area contributed by atoms with Crippen molar-refractivity contribution in [2.45, 2.75) is 32.9 Å². The minimum Gasteiger partial charge on any atom is -0.393 e. The fourth-order valence-corrected chi connectivity index (χ4v) is 1.36. The molecule has 14 heavy (non-hydrogen) atoms. The first-order chi connectivity index (χ1) is 6.65. The minimum atomic E-state index is 0.0168. The number of nitrogens with zero attached hydrogens (tertiary/aromatic N) is 2. The van der Waals surface area contributed by atoms with Crippen molar-refractivity contribution in [3.63, 3.8) is 0 Å². The highest BCUT2D eigenvalue weighted by Gasteiger charge is 2.01. The van der Waals surface area contributed by atoms with E-state index in [1.807, 2.05) is 6.92 Å². The van der Waals surface area contributed by atoms with E-state index in [-0.39, 0.29) is 5.69 Å². The van der Waals surface area contributed by atoms with Crippen molar-refractivity contribution in [2.24, 2.45) is 5.73 Å². The summed E-state index contributed by atoms with van der Waals surface area (Å²) in [6.45, 7) is 3.38. The summed E-state index contributed by atoms with van der Waals surface area (Å²) >= 11 is 4.75. The average molecular weight is 213 g/mol. The number of aryl methyl sites for hydroxylation is 2. The van der Waals surface area contributed by atoms with E-state index in [2.05, 4.69) is 0 Å². The number of nitrogens with two attached hydrogens (primary N) is 1. The number of hydrogen-bond acceptors (Lipinski definition) is 2. The topological polar surface area (TPSA) is 52.9 Å². The van der Waals surface area contributed by atoms with Crippen LogP contribution in [0.2, 0.25) is 0 Å². The zero-order chi connectivity index (χ0) is 10.6. The Balaban J connectivity index is 2.69. The van der Waals surface area contributed by atoms with E-state index in [4.69, 9.17) is 18.0 Å². The Morgan fingerprint density at radius 3 is 2.50 bits per heavy atom. The van der Waals surface area contributed by atoms with Crippen LogP contribution < -0.4 is 11.4 Å². The standard InChI is InChI=1S/C9H15N3OS/c1-2-4-11-6-7-12(9(11)13)5-3-8(10)14/h6-7H,2-5H2,1H3,(H2,10,14). The first-order valence-electron chi connectivity index (χ1n) is 4.69. The van der Waals surface area contributed by atoms with E-state index in [0.717, 1.165) is 13.0 Å². The molecule has 4 nitrogen and oxygen atoms in total. The maximum absolute atomic E-state index is 11.6. The van der Waals surface area contributed by atoms with Gasteiger partial charge in [0.25, 0.3) is 0 Å². The molecule has 1 rings (SSSR count). The third kappa shape index (κ3) is 2.70. The molecule has 0 amide bonds. The highest BCUT2D eigenvalue weighted by Crippen LogP contribution is 1.91. The lowest BCUT2D eigenvalue weighted by molar-refractivity contribution is 0.609. The highest BCUT2D eigenvalue weighted by atomic mass is 32.1. The van der Waals surface area contributed by atoms with Crippen molar-refractivity contribution in [3.05, 3.63) is 22.9 Å². The summed E-state index contributed by atoms with van der Waals surface area (Å²) in [5, 5.41) is 0. The molecule has 0 saturated carbocycles. The van der Waals surface area contributed by atoms with Gasteiger partial charge >= 0.3 is 5.69 Å². The van der Waals surface area contributed by atoms with Crippen molar-refractivity contribution >= 4 is 17.2 Å². The Hall–Kier alpha value is -1.10. The lowest BCUT2D eigenvalue weighted by atomic mass is 10.4. The summed E-state index contributed by atoms with van der Waals surface area (Å²) in [4.78, 5) is 12.1. The molecule has 0 saturated heterocycles. The molecule has 0 spiro atoms. The predicted molar refractivity (Wildman–Crippen MR) is 60.4 cm³/mol. The first kappa shape index (κ1) is 11.0. The third-order valence-corrected chi connectivity index (χ3v) is 2.19. The van der Waals surface area contributed by atoms with Crippen LogP contribution in [-0.2, 0) is 13.1 Å². The largest absolute Gasteiger partial charge is 0.393 e. The summed E-state index contributed by atoms with van der Waals surface area (Å²) < 4.78 is 3.33. The van der Waals surface area contributed by atoms with Gasteiger partial charge in [-0.25, -0.2) is 4.79 Å². The molecule has 5 heteroatoms. The maximum atomic E-state index is 11.6. The summed E-state index contributed by atoms with van der Waals surface area (Å²) in [6, 6.07) is 0. The molecule has 0 fully saturated rings. The molecule has 1 aromatic rings. The zero-order valence-electron chi connectivity index (χ0n) is 8.27. The van der Waals surface area contributed by atoms with Gasteiger partial charge in [0.05, 0.1) is 4.99 Å². The van der Waals surface area contributed by atoms with E-state index < -0.39 is 0 Å². The second-order valence-electron chi connectivity index (χ2n) is 3.18. The van der Waals surface area contributed by atoms with E-state index in [0.29, 0.717) is 18.0 Å². The van der Waals surface area contributed by atoms with E-state index in [1.165, 1.54) is 0 Å². The van der Waals surface area contributed by atoms with Gasteiger partial charge in [-0.15, -0.1) is 0 Å². The Bertz CT molecular complexity index is 366. The minimum absolute atomic E-state index is 0.0168. The SMILES string of the molecule is CCCn1ccn(CCC(N)=S)c1=O. The summed E-state index contributed by atoms with van der Waals surface area (Å²) in [5.41, 5.74) is 5.38. The van der Waals surface area contributed by atoms with Gasteiger partial charge in [-0.1, -0.05) is 19.1 Å². The Labute approximate surface area is 88.3 Å². The number of hydrogen-bond donors (Lipinski definition) is 1. The van der Waals surface area contributed by atoms with Gasteiger partial charge < -0.3 is 5.73 Å². The third-order valence-electron chi connectivity index (χ3n) is 1.98. The average Bonchev–Trinajstić information content (AvgIpc) is 2.46. The van der Waals surface area contributed by atoms with E-state index >= 15 is 0 Å². The van der Waals surface area contributed by atoms with Crippen molar-refractivity contribution in [1.29, 1.82) is 0 Å². The lowest BCUT2D eigenvalue weighted by Crippen LogP contribution is -2.25. The second kappa shape index (κ2) is 4.95. The predicted octanol–water partition coefficient (Wildman–Crippen LogP) is 0.736. The Kier molecular flexibility index (Phi) is 3.88. The molecule has 1 aromatic heterocycles. The van der Waals surface area contributed by atoms with Crippen LogP contribution in [0.1, 0.15) is 19.8 Å². The molecule has 2 N–H and O–H groups in total. The molecule has 0 unspecified atom stereocenters. The molecule has 0 aliphatic heterocycles. The molecule has 1 heterocycles. The van der Waals surface area contributed by atoms with Crippen LogP contribution in [0.5, 0.6) is 0 Å². The number of rotatable bonds is 5. The molecular formula is C9H15N3OS. The number of aromatic nitrogens is 2. The highest BCUT2D eigenvalue weighted by molar-refractivity contribution is 7.80. The van der Waals surface area contributed by atoms with Crippen LogP contribution >= 0.6 is 12.2 Å². The Morgan fingerprint density at radius 2 is 2.00 bits per heavy atom. The molecule has 0 radical (unpaired) electrons. The summed E-state index contributed by atoms with van der Waals surface area (Å²) in [6.07, 6.45) is 5.10. The molecule has 78 valence electrons. The van der Waals surface area contributed by atoms with Crippen molar-refractivity contribution < 1.29 is 0 Å². The van der Waals surface area contributed by atoms with Gasteiger partial charge in [0.1, 0.15) is 0 Å². The van der Waals surface area contributed by atoms with Crippen LogP contribution in [-0.4, -0.2) is 14.1 Å². The molecule has 0 aliphatic rings. The zero-order valence-corrected chi connectivity index (χ0v) is 9.09. The second-order valence-corrected chi connectivity index (χ2v) is 3.71. The van der Waals surface area contributed by atoms with Crippen LogP contribution in [0, 0.1) is 0 Å². The smallest absolute Gasteiger partial charge is 0.328 e. The van der Waals surface area contributed by atoms with Gasteiger partial charge in [-0.3, -0.25) is 9.13 Å². The van der Waals surface area contributed by atoms with E-state index in [9.17, 15) is 4.79 Å². The van der Waals surface area contributed by atoms with Gasteiger partial charge in [-0.05, 0) is 6.42 Å². The van der Waals surface area contributed by atoms with E-state index in [1.54, 1.807) is 21.5 Å². The number of thiocarbonyl (C=S) groups is 1. The Morgan fingerprint density at radius 1 is 1.43 bits per heavy atom. The van der Waals surface area contributed by atoms with Crippen LogP contribution in [0.3, 0.4) is 0 Å².